The zero-order valence-corrected chi connectivity index (χ0v) is 9.32. The summed E-state index contributed by atoms with van der Waals surface area (Å²) in [7, 11) is 0. The minimum absolute atomic E-state index is 0. The highest BCUT2D eigenvalue weighted by molar-refractivity contribution is 5.87. The van der Waals surface area contributed by atoms with E-state index < -0.39 is 11.5 Å². The predicted octanol–water partition coefficient (Wildman–Crippen LogP) is 1.73. The standard InChI is InChI=1S/C11H9NO3.ClH/c1-7-3-2-6-12-9(7)5-4-8(10(12)13)11(14)15;/h2-6H,1H3,(H,14,15);1H. The summed E-state index contributed by atoms with van der Waals surface area (Å²) in [6.45, 7) is 1.87. The number of carbonyl (C=O) groups is 1. The predicted molar refractivity (Wildman–Crippen MR) is 62.6 cm³/mol. The second kappa shape index (κ2) is 4.37. The lowest BCUT2D eigenvalue weighted by atomic mass is 10.2. The Hall–Kier alpha value is -1.81. The number of pyridine rings is 2. The van der Waals surface area contributed by atoms with E-state index in [1.807, 2.05) is 13.0 Å². The summed E-state index contributed by atoms with van der Waals surface area (Å²) in [6.07, 6.45) is 1.57. The summed E-state index contributed by atoms with van der Waals surface area (Å²) in [5.74, 6) is -1.20. The largest absolute Gasteiger partial charge is 0.477 e. The van der Waals surface area contributed by atoms with Gasteiger partial charge in [0.1, 0.15) is 5.56 Å². The SMILES string of the molecule is Cc1cccn2c(=O)c(C(=O)O)ccc12.Cl. The molecule has 16 heavy (non-hydrogen) atoms. The summed E-state index contributed by atoms with van der Waals surface area (Å²) in [5.41, 5.74) is 0.959. The summed E-state index contributed by atoms with van der Waals surface area (Å²) in [5, 5.41) is 8.78. The topological polar surface area (TPSA) is 58.8 Å². The van der Waals surface area contributed by atoms with E-state index in [4.69, 9.17) is 5.11 Å². The number of carboxylic acids is 1. The molecule has 0 aromatic carbocycles. The van der Waals surface area contributed by atoms with Crippen LogP contribution in [0.2, 0.25) is 0 Å². The van der Waals surface area contributed by atoms with Crippen molar-refractivity contribution < 1.29 is 9.90 Å². The van der Waals surface area contributed by atoms with Gasteiger partial charge >= 0.3 is 5.97 Å². The third kappa shape index (κ3) is 1.79. The molecule has 0 amide bonds. The lowest BCUT2D eigenvalue weighted by Gasteiger charge is -2.04. The van der Waals surface area contributed by atoms with E-state index in [1.54, 1.807) is 18.3 Å². The first-order valence-electron chi connectivity index (χ1n) is 4.45. The van der Waals surface area contributed by atoms with Crippen LogP contribution >= 0.6 is 12.4 Å². The molecule has 0 bridgehead atoms. The number of nitrogens with zero attached hydrogens (tertiary/aromatic N) is 1. The number of aromatic nitrogens is 1. The third-order valence-electron chi connectivity index (χ3n) is 2.33. The van der Waals surface area contributed by atoms with Crippen LogP contribution in [-0.2, 0) is 0 Å². The monoisotopic (exact) mass is 239 g/mol. The maximum absolute atomic E-state index is 11.7. The Morgan fingerprint density at radius 2 is 2.00 bits per heavy atom. The van der Waals surface area contributed by atoms with Gasteiger partial charge < -0.3 is 5.11 Å². The number of hydrogen-bond donors (Lipinski definition) is 1. The van der Waals surface area contributed by atoms with E-state index >= 15 is 0 Å². The molecule has 84 valence electrons. The highest BCUT2D eigenvalue weighted by Gasteiger charge is 2.10. The molecule has 2 rings (SSSR count). The molecule has 2 aromatic rings. The maximum atomic E-state index is 11.7. The van der Waals surface area contributed by atoms with Gasteiger partial charge in [-0.25, -0.2) is 4.79 Å². The average molecular weight is 240 g/mol. The quantitative estimate of drug-likeness (QED) is 0.825. The maximum Gasteiger partial charge on any atom is 0.341 e. The molecule has 0 fully saturated rings. The molecule has 2 heterocycles. The number of carboxylic acid groups (broad SMARTS) is 1. The van der Waals surface area contributed by atoms with Gasteiger partial charge in [-0.2, -0.15) is 0 Å². The molecule has 0 aliphatic carbocycles. The van der Waals surface area contributed by atoms with Crippen molar-refractivity contribution in [3.05, 3.63) is 51.9 Å². The minimum atomic E-state index is -1.20. The molecule has 0 saturated heterocycles. The van der Waals surface area contributed by atoms with Crippen LogP contribution in [0.3, 0.4) is 0 Å². The second-order valence-corrected chi connectivity index (χ2v) is 3.30. The van der Waals surface area contributed by atoms with Crippen LogP contribution in [0, 0.1) is 6.92 Å². The molecule has 2 aromatic heterocycles. The molecule has 0 aliphatic rings. The van der Waals surface area contributed by atoms with Gasteiger partial charge in [0, 0.05) is 6.20 Å². The summed E-state index contributed by atoms with van der Waals surface area (Å²) in [6, 6.07) is 6.57. The molecule has 0 unspecified atom stereocenters. The average Bonchev–Trinajstić information content (AvgIpc) is 2.19. The van der Waals surface area contributed by atoms with E-state index in [-0.39, 0.29) is 18.0 Å². The highest BCUT2D eigenvalue weighted by atomic mass is 35.5. The fourth-order valence-corrected chi connectivity index (χ4v) is 1.54. The first-order valence-corrected chi connectivity index (χ1v) is 4.45. The van der Waals surface area contributed by atoms with Gasteiger partial charge in [0.05, 0.1) is 5.52 Å². The Morgan fingerprint density at radius 3 is 2.62 bits per heavy atom. The Kier molecular flexibility index (Phi) is 3.34. The molecular formula is C11H10ClNO3. The second-order valence-electron chi connectivity index (χ2n) is 3.30. The van der Waals surface area contributed by atoms with E-state index in [9.17, 15) is 9.59 Å². The van der Waals surface area contributed by atoms with Crippen molar-refractivity contribution in [2.75, 3.05) is 0 Å². The molecule has 0 spiro atoms. The highest BCUT2D eigenvalue weighted by Crippen LogP contribution is 2.07. The Morgan fingerprint density at radius 1 is 1.31 bits per heavy atom. The van der Waals surface area contributed by atoms with Crippen molar-refractivity contribution >= 4 is 23.9 Å². The smallest absolute Gasteiger partial charge is 0.341 e. The fraction of sp³-hybridized carbons (Fsp3) is 0.0909. The van der Waals surface area contributed by atoms with Crippen molar-refractivity contribution in [3.63, 3.8) is 0 Å². The first-order chi connectivity index (χ1) is 7.11. The van der Waals surface area contributed by atoms with E-state index in [0.717, 1.165) is 11.1 Å². The van der Waals surface area contributed by atoms with Crippen LogP contribution in [0.4, 0.5) is 0 Å². The molecule has 4 nitrogen and oxygen atoms in total. The van der Waals surface area contributed by atoms with Crippen LogP contribution in [-0.4, -0.2) is 15.5 Å². The first kappa shape index (κ1) is 12.3. The van der Waals surface area contributed by atoms with Crippen molar-refractivity contribution in [2.45, 2.75) is 6.92 Å². The summed E-state index contributed by atoms with van der Waals surface area (Å²) < 4.78 is 1.35. The van der Waals surface area contributed by atoms with Crippen molar-refractivity contribution in [2.24, 2.45) is 0 Å². The van der Waals surface area contributed by atoms with Crippen molar-refractivity contribution in [1.29, 1.82) is 0 Å². The number of aromatic carboxylic acids is 1. The van der Waals surface area contributed by atoms with E-state index in [0.29, 0.717) is 0 Å². The van der Waals surface area contributed by atoms with E-state index in [1.165, 1.54) is 10.5 Å². The van der Waals surface area contributed by atoms with Gasteiger partial charge in [-0.1, -0.05) is 6.07 Å². The molecule has 5 heteroatoms. The number of rotatable bonds is 1. The molecular weight excluding hydrogens is 230 g/mol. The van der Waals surface area contributed by atoms with Crippen molar-refractivity contribution in [1.82, 2.24) is 4.40 Å². The van der Waals surface area contributed by atoms with Gasteiger partial charge in [-0.3, -0.25) is 9.20 Å². The number of aryl methyl sites for hydroxylation is 1. The number of halogens is 1. The molecule has 1 N–H and O–H groups in total. The Labute approximate surface area is 97.6 Å². The van der Waals surface area contributed by atoms with Gasteiger partial charge in [-0.15, -0.1) is 12.4 Å². The van der Waals surface area contributed by atoms with Crippen LogP contribution in [0.15, 0.2) is 35.3 Å². The van der Waals surface area contributed by atoms with Gasteiger partial charge in [0.2, 0.25) is 0 Å². The molecule has 0 saturated carbocycles. The number of hydrogen-bond acceptors (Lipinski definition) is 2. The zero-order chi connectivity index (χ0) is 11.0. The minimum Gasteiger partial charge on any atom is -0.477 e. The summed E-state index contributed by atoms with van der Waals surface area (Å²) >= 11 is 0. The zero-order valence-electron chi connectivity index (χ0n) is 8.51. The van der Waals surface area contributed by atoms with Gasteiger partial charge in [0.15, 0.2) is 0 Å². The van der Waals surface area contributed by atoms with Gasteiger partial charge in [-0.05, 0) is 30.7 Å². The fourth-order valence-electron chi connectivity index (χ4n) is 1.54. The molecule has 0 atom stereocenters. The Bertz CT molecular complexity index is 604. The normalized spacial score (nSPS) is 9.81. The van der Waals surface area contributed by atoms with Gasteiger partial charge in [0.25, 0.3) is 5.56 Å². The molecule has 0 aliphatic heterocycles. The lowest BCUT2D eigenvalue weighted by Crippen LogP contribution is -2.21. The van der Waals surface area contributed by atoms with E-state index in [2.05, 4.69) is 0 Å². The van der Waals surface area contributed by atoms with Crippen LogP contribution in [0.5, 0.6) is 0 Å². The third-order valence-corrected chi connectivity index (χ3v) is 2.33. The summed E-state index contributed by atoms with van der Waals surface area (Å²) in [4.78, 5) is 22.4. The lowest BCUT2D eigenvalue weighted by molar-refractivity contribution is 0.0695. The number of fused-ring (bicyclic) bond motifs is 1. The van der Waals surface area contributed by atoms with Crippen LogP contribution < -0.4 is 5.56 Å². The van der Waals surface area contributed by atoms with Crippen LogP contribution in [0.25, 0.3) is 5.52 Å². The van der Waals surface area contributed by atoms with Crippen molar-refractivity contribution in [3.8, 4) is 0 Å². The van der Waals surface area contributed by atoms with Crippen LogP contribution in [0.1, 0.15) is 15.9 Å². The Balaban J connectivity index is 0.00000128. The molecule has 0 radical (unpaired) electrons.